The van der Waals surface area contributed by atoms with E-state index in [2.05, 4.69) is 19.1 Å². The number of rotatable bonds is 15. The maximum atomic E-state index is 9.83. The Hall–Kier alpha value is -0.470. The zero-order valence-corrected chi connectivity index (χ0v) is 16.7. The van der Waals surface area contributed by atoms with Gasteiger partial charge in [-0.25, -0.2) is 0 Å². The molecular weight excluding hydrogens is 331 g/mol. The van der Waals surface area contributed by atoms with Crippen molar-refractivity contribution in [3.05, 3.63) is 35.9 Å². The fourth-order valence-electron chi connectivity index (χ4n) is 3.16. The second-order valence-corrected chi connectivity index (χ2v) is 8.58. The Morgan fingerprint density at radius 1 is 0.760 bits per heavy atom. The Morgan fingerprint density at radius 3 is 1.80 bits per heavy atom. The molecule has 4 heteroatoms. The number of unbranched alkanes of at least 4 members (excludes halogenated alkanes) is 9. The Kier molecular flexibility index (Phi) is 13.2. The average molecular weight is 368 g/mol. The first kappa shape index (κ1) is 22.6. The SMILES string of the molecule is CCCCCCCCCCCCC(PC(O)C(O)O)c1ccccc1. The van der Waals surface area contributed by atoms with Crippen molar-refractivity contribution in [3.63, 3.8) is 0 Å². The molecule has 0 amide bonds. The van der Waals surface area contributed by atoms with Gasteiger partial charge in [-0.3, -0.25) is 0 Å². The molecule has 0 aliphatic rings. The largest absolute Gasteiger partial charge is 0.384 e. The molecule has 3 N–H and O–H groups in total. The average Bonchev–Trinajstić information content (AvgIpc) is 2.62. The van der Waals surface area contributed by atoms with E-state index in [9.17, 15) is 15.3 Å². The molecule has 0 spiro atoms. The van der Waals surface area contributed by atoms with Crippen LogP contribution in [0.15, 0.2) is 30.3 Å². The summed E-state index contributed by atoms with van der Waals surface area (Å²) in [6.07, 6.45) is 12.5. The van der Waals surface area contributed by atoms with Crippen LogP contribution in [0.2, 0.25) is 0 Å². The fourth-order valence-corrected chi connectivity index (χ4v) is 4.50. The summed E-state index contributed by atoms with van der Waals surface area (Å²) in [5, 5.41) is 28.2. The molecule has 0 aliphatic carbocycles. The van der Waals surface area contributed by atoms with Crippen molar-refractivity contribution < 1.29 is 15.3 Å². The van der Waals surface area contributed by atoms with Gasteiger partial charge in [-0.15, -0.1) is 0 Å². The summed E-state index contributed by atoms with van der Waals surface area (Å²) < 4.78 is 0. The van der Waals surface area contributed by atoms with Gasteiger partial charge in [0.1, 0.15) is 5.85 Å². The molecule has 0 aliphatic heterocycles. The zero-order chi connectivity index (χ0) is 18.3. The predicted octanol–water partition coefficient (Wildman–Crippen LogP) is 5.35. The second-order valence-electron chi connectivity index (χ2n) is 6.96. The fraction of sp³-hybridized carbons (Fsp3) is 0.714. The van der Waals surface area contributed by atoms with Crippen LogP contribution in [-0.4, -0.2) is 27.5 Å². The highest BCUT2D eigenvalue weighted by molar-refractivity contribution is 7.39. The van der Waals surface area contributed by atoms with Crippen molar-refractivity contribution in [3.8, 4) is 0 Å². The van der Waals surface area contributed by atoms with Gasteiger partial charge in [-0.2, -0.15) is 0 Å². The second kappa shape index (κ2) is 14.7. The van der Waals surface area contributed by atoms with Crippen LogP contribution in [0.4, 0.5) is 0 Å². The van der Waals surface area contributed by atoms with Crippen molar-refractivity contribution >= 4 is 8.58 Å². The third-order valence-electron chi connectivity index (χ3n) is 4.70. The molecule has 1 rings (SSSR count). The van der Waals surface area contributed by atoms with Crippen molar-refractivity contribution in [1.82, 2.24) is 0 Å². The molecule has 3 atom stereocenters. The molecule has 25 heavy (non-hydrogen) atoms. The van der Waals surface area contributed by atoms with Crippen molar-refractivity contribution in [1.29, 1.82) is 0 Å². The normalized spacial score (nSPS) is 14.4. The molecule has 0 fully saturated rings. The van der Waals surface area contributed by atoms with E-state index in [1.807, 2.05) is 18.2 Å². The van der Waals surface area contributed by atoms with Gasteiger partial charge in [-0.1, -0.05) is 110 Å². The lowest BCUT2D eigenvalue weighted by molar-refractivity contribution is -0.0900. The number of aliphatic hydroxyl groups is 3. The van der Waals surface area contributed by atoms with E-state index in [4.69, 9.17) is 0 Å². The standard InChI is InChI=1S/C21H37O3P/c1-2-3-4-5-6-7-8-9-10-14-17-19(25-21(24)20(22)23)18-15-12-11-13-16-18/h11-13,15-16,19-25H,2-10,14,17H2,1H3. The molecular formula is C21H37O3P. The highest BCUT2D eigenvalue weighted by Crippen LogP contribution is 2.42. The Balaban J connectivity index is 2.22. The van der Waals surface area contributed by atoms with E-state index >= 15 is 0 Å². The summed E-state index contributed by atoms with van der Waals surface area (Å²) in [4.78, 5) is 0. The minimum Gasteiger partial charge on any atom is -0.384 e. The lowest BCUT2D eigenvalue weighted by Gasteiger charge is -2.22. The summed E-state index contributed by atoms with van der Waals surface area (Å²) >= 11 is 0. The van der Waals surface area contributed by atoms with Gasteiger partial charge in [0.2, 0.25) is 0 Å². The van der Waals surface area contributed by atoms with Gasteiger partial charge in [0, 0.05) is 5.66 Å². The molecule has 144 valence electrons. The van der Waals surface area contributed by atoms with Gasteiger partial charge in [-0.05, 0) is 12.0 Å². The first-order chi connectivity index (χ1) is 12.1. The van der Waals surface area contributed by atoms with Crippen molar-refractivity contribution in [2.75, 3.05) is 0 Å². The molecule has 3 nitrogen and oxygen atoms in total. The third kappa shape index (κ3) is 11.0. The molecule has 0 bridgehead atoms. The van der Waals surface area contributed by atoms with Crippen molar-refractivity contribution in [2.45, 2.75) is 95.3 Å². The van der Waals surface area contributed by atoms with E-state index in [-0.39, 0.29) is 14.2 Å². The van der Waals surface area contributed by atoms with Crippen molar-refractivity contribution in [2.24, 2.45) is 0 Å². The van der Waals surface area contributed by atoms with Crippen LogP contribution in [0, 0.1) is 0 Å². The Morgan fingerprint density at radius 2 is 1.28 bits per heavy atom. The zero-order valence-electron chi connectivity index (χ0n) is 15.7. The lowest BCUT2D eigenvalue weighted by atomic mass is 10.0. The number of hydrogen-bond donors (Lipinski definition) is 3. The van der Waals surface area contributed by atoms with E-state index in [0.29, 0.717) is 0 Å². The van der Waals surface area contributed by atoms with Gasteiger partial charge in [0.05, 0.1) is 0 Å². The first-order valence-corrected chi connectivity index (χ1v) is 11.2. The van der Waals surface area contributed by atoms with E-state index < -0.39 is 12.1 Å². The Bertz CT molecular complexity index is 411. The molecule has 1 aromatic rings. The monoisotopic (exact) mass is 368 g/mol. The van der Waals surface area contributed by atoms with Crippen LogP contribution >= 0.6 is 8.58 Å². The maximum absolute atomic E-state index is 9.83. The van der Waals surface area contributed by atoms with Gasteiger partial charge in [0.25, 0.3) is 0 Å². The summed E-state index contributed by atoms with van der Waals surface area (Å²) in [6, 6.07) is 10.1. The topological polar surface area (TPSA) is 60.7 Å². The molecule has 0 saturated carbocycles. The molecule has 3 unspecified atom stereocenters. The minimum absolute atomic E-state index is 0.122. The molecule has 0 radical (unpaired) electrons. The van der Waals surface area contributed by atoms with E-state index in [1.165, 1.54) is 63.4 Å². The van der Waals surface area contributed by atoms with E-state index in [1.54, 1.807) is 0 Å². The molecule has 0 saturated heterocycles. The summed E-state index contributed by atoms with van der Waals surface area (Å²) in [6.45, 7) is 2.25. The Labute approximate surface area is 155 Å². The highest BCUT2D eigenvalue weighted by atomic mass is 31.1. The van der Waals surface area contributed by atoms with E-state index in [0.717, 1.165) is 12.8 Å². The number of benzene rings is 1. The van der Waals surface area contributed by atoms with Crippen LogP contribution in [0.5, 0.6) is 0 Å². The quantitative estimate of drug-likeness (QED) is 0.222. The maximum Gasteiger partial charge on any atom is 0.181 e. The minimum atomic E-state index is -1.64. The molecule has 0 aromatic heterocycles. The summed E-state index contributed by atoms with van der Waals surface area (Å²) in [5.41, 5.74) is 1.41. The smallest absolute Gasteiger partial charge is 0.181 e. The molecule has 1 aromatic carbocycles. The van der Waals surface area contributed by atoms with Crippen LogP contribution < -0.4 is 0 Å². The highest BCUT2D eigenvalue weighted by Gasteiger charge is 2.20. The van der Waals surface area contributed by atoms with Gasteiger partial charge < -0.3 is 15.3 Å². The summed E-state index contributed by atoms with van der Waals surface area (Å²) in [7, 11) is 0.122. The van der Waals surface area contributed by atoms with Crippen LogP contribution in [0.25, 0.3) is 0 Å². The molecule has 0 heterocycles. The number of aliphatic hydroxyl groups excluding tert-OH is 2. The third-order valence-corrected chi connectivity index (χ3v) is 6.37. The van der Waals surface area contributed by atoms with Crippen LogP contribution in [-0.2, 0) is 0 Å². The lowest BCUT2D eigenvalue weighted by Crippen LogP contribution is -2.21. The predicted molar refractivity (Wildman–Crippen MR) is 108 cm³/mol. The van der Waals surface area contributed by atoms with Gasteiger partial charge >= 0.3 is 0 Å². The van der Waals surface area contributed by atoms with Gasteiger partial charge in [0.15, 0.2) is 6.29 Å². The summed E-state index contributed by atoms with van der Waals surface area (Å²) in [5.74, 6) is -1.05. The van der Waals surface area contributed by atoms with Crippen LogP contribution in [0.3, 0.4) is 0 Å². The first-order valence-electron chi connectivity index (χ1n) is 10.00. The number of hydrogen-bond acceptors (Lipinski definition) is 3. The van der Waals surface area contributed by atoms with Crippen LogP contribution in [0.1, 0.15) is 88.8 Å².